The summed E-state index contributed by atoms with van der Waals surface area (Å²) < 4.78 is 4.08. The van der Waals surface area contributed by atoms with Crippen molar-refractivity contribution < 1.29 is 0 Å². The van der Waals surface area contributed by atoms with Crippen LogP contribution < -0.4 is 5.56 Å². The third kappa shape index (κ3) is 3.32. The Hall–Kier alpha value is -1.66. The van der Waals surface area contributed by atoms with Crippen molar-refractivity contribution >= 4 is 11.0 Å². The number of hydrogen-bond donors (Lipinski definition) is 0. The van der Waals surface area contributed by atoms with Crippen LogP contribution in [-0.4, -0.2) is 63.7 Å². The first-order valence-electron chi connectivity index (χ1n) is 10.2. The molecule has 3 heterocycles. The van der Waals surface area contributed by atoms with E-state index in [1.807, 2.05) is 16.8 Å². The summed E-state index contributed by atoms with van der Waals surface area (Å²) in [7, 11) is 2.18. The van der Waals surface area contributed by atoms with Gasteiger partial charge in [0, 0.05) is 57.9 Å². The Labute approximate surface area is 155 Å². The molecule has 0 unspecified atom stereocenters. The van der Waals surface area contributed by atoms with E-state index in [-0.39, 0.29) is 5.56 Å². The fraction of sp³-hybridized carbons (Fsp3) is 0.700. The Kier molecular flexibility index (Phi) is 5.14. The van der Waals surface area contributed by atoms with Gasteiger partial charge in [0.1, 0.15) is 11.3 Å². The molecule has 0 radical (unpaired) electrons. The number of nitrogens with zero attached hydrogens (tertiary/aromatic N) is 5. The van der Waals surface area contributed by atoms with Crippen molar-refractivity contribution in [3.8, 4) is 0 Å². The highest BCUT2D eigenvalue weighted by atomic mass is 16.1. The van der Waals surface area contributed by atoms with E-state index < -0.39 is 0 Å². The standard InChI is InChI=1S/C20H31N5O/c1-3-8-24-9-7-17-18(24)20(26)25(19(21-17)16-5-4-6-16)15-14-23-12-10-22(2)11-13-23/h7,9,16H,3-6,8,10-15H2,1-2H3. The van der Waals surface area contributed by atoms with Crippen LogP contribution >= 0.6 is 0 Å². The van der Waals surface area contributed by atoms with E-state index >= 15 is 0 Å². The number of likely N-dealkylation sites (N-methyl/N-ethyl adjacent to an activating group) is 1. The van der Waals surface area contributed by atoms with Crippen LogP contribution in [0.2, 0.25) is 0 Å². The maximum atomic E-state index is 13.4. The first-order chi connectivity index (χ1) is 12.7. The molecule has 1 saturated carbocycles. The third-order valence-corrected chi connectivity index (χ3v) is 6.07. The molecular weight excluding hydrogens is 326 g/mol. The molecule has 26 heavy (non-hydrogen) atoms. The number of aromatic nitrogens is 3. The van der Waals surface area contributed by atoms with Crippen molar-refractivity contribution in [3.63, 3.8) is 0 Å². The van der Waals surface area contributed by atoms with Crippen LogP contribution in [0.3, 0.4) is 0 Å². The zero-order valence-corrected chi connectivity index (χ0v) is 16.2. The summed E-state index contributed by atoms with van der Waals surface area (Å²) >= 11 is 0. The molecule has 0 atom stereocenters. The number of piperazine rings is 1. The molecule has 0 bridgehead atoms. The second kappa shape index (κ2) is 7.53. The topological polar surface area (TPSA) is 46.3 Å². The molecular formula is C20H31N5O. The van der Waals surface area contributed by atoms with Gasteiger partial charge in [0.2, 0.25) is 0 Å². The van der Waals surface area contributed by atoms with Crippen LogP contribution in [0.25, 0.3) is 11.0 Å². The van der Waals surface area contributed by atoms with Gasteiger partial charge in [0.05, 0.1) is 5.52 Å². The normalized spacial score (nSPS) is 19.9. The number of hydrogen-bond acceptors (Lipinski definition) is 4. The minimum absolute atomic E-state index is 0.157. The molecule has 2 fully saturated rings. The lowest BCUT2D eigenvalue weighted by atomic mass is 9.84. The molecule has 1 aliphatic carbocycles. The smallest absolute Gasteiger partial charge is 0.278 e. The Bertz CT molecular complexity index is 811. The Morgan fingerprint density at radius 2 is 1.88 bits per heavy atom. The highest BCUT2D eigenvalue weighted by Gasteiger charge is 2.26. The molecule has 2 aliphatic rings. The van der Waals surface area contributed by atoms with Gasteiger partial charge in [-0.3, -0.25) is 14.3 Å². The summed E-state index contributed by atoms with van der Waals surface area (Å²) in [5.74, 6) is 1.49. The highest BCUT2D eigenvalue weighted by Crippen LogP contribution is 2.35. The van der Waals surface area contributed by atoms with Gasteiger partial charge in [-0.1, -0.05) is 13.3 Å². The zero-order chi connectivity index (χ0) is 18.1. The summed E-state index contributed by atoms with van der Waals surface area (Å²) in [5, 5.41) is 0. The second-order valence-electron chi connectivity index (χ2n) is 7.94. The van der Waals surface area contributed by atoms with Crippen molar-refractivity contribution in [3.05, 3.63) is 28.4 Å². The summed E-state index contributed by atoms with van der Waals surface area (Å²) in [6.45, 7) is 9.12. The van der Waals surface area contributed by atoms with Crippen LogP contribution in [0.15, 0.2) is 17.1 Å². The van der Waals surface area contributed by atoms with Crippen molar-refractivity contribution in [1.29, 1.82) is 0 Å². The van der Waals surface area contributed by atoms with Crippen LogP contribution in [0.1, 0.15) is 44.3 Å². The van der Waals surface area contributed by atoms with Crippen molar-refractivity contribution in [1.82, 2.24) is 23.9 Å². The molecule has 142 valence electrons. The highest BCUT2D eigenvalue weighted by molar-refractivity contribution is 5.74. The van der Waals surface area contributed by atoms with E-state index in [1.165, 1.54) is 19.3 Å². The molecule has 0 spiro atoms. The van der Waals surface area contributed by atoms with Crippen LogP contribution in [0, 0.1) is 0 Å². The van der Waals surface area contributed by atoms with Crippen molar-refractivity contribution in [2.24, 2.45) is 0 Å². The maximum Gasteiger partial charge on any atom is 0.278 e. The van der Waals surface area contributed by atoms with Gasteiger partial charge in [-0.2, -0.15) is 0 Å². The molecule has 4 rings (SSSR count). The van der Waals surface area contributed by atoms with E-state index in [9.17, 15) is 4.79 Å². The minimum atomic E-state index is 0.157. The van der Waals surface area contributed by atoms with Gasteiger partial charge in [0.25, 0.3) is 5.56 Å². The summed E-state index contributed by atoms with van der Waals surface area (Å²) in [6.07, 6.45) is 6.64. The van der Waals surface area contributed by atoms with E-state index in [0.29, 0.717) is 5.92 Å². The largest absolute Gasteiger partial charge is 0.342 e. The van der Waals surface area contributed by atoms with Crippen LogP contribution in [0.5, 0.6) is 0 Å². The first kappa shape index (κ1) is 17.7. The van der Waals surface area contributed by atoms with E-state index in [0.717, 1.165) is 69.1 Å². The SMILES string of the molecule is CCCn1ccc2nc(C3CCC3)n(CCN3CCN(C)CC3)c(=O)c21. The minimum Gasteiger partial charge on any atom is -0.342 e. The molecule has 6 heteroatoms. The lowest BCUT2D eigenvalue weighted by Gasteiger charge is -2.33. The second-order valence-corrected chi connectivity index (χ2v) is 7.94. The predicted molar refractivity (Wildman–Crippen MR) is 105 cm³/mol. The lowest BCUT2D eigenvalue weighted by Crippen LogP contribution is -2.46. The summed E-state index contributed by atoms with van der Waals surface area (Å²) in [6, 6.07) is 2.01. The number of rotatable bonds is 6. The maximum absolute atomic E-state index is 13.4. The third-order valence-electron chi connectivity index (χ3n) is 6.07. The molecule has 1 aliphatic heterocycles. The number of fused-ring (bicyclic) bond motifs is 1. The first-order valence-corrected chi connectivity index (χ1v) is 10.2. The number of aryl methyl sites for hydroxylation is 1. The summed E-state index contributed by atoms with van der Waals surface area (Å²) in [4.78, 5) is 23.1. The van der Waals surface area contributed by atoms with Crippen LogP contribution in [0.4, 0.5) is 0 Å². The van der Waals surface area contributed by atoms with Gasteiger partial charge in [-0.15, -0.1) is 0 Å². The molecule has 0 N–H and O–H groups in total. The lowest BCUT2D eigenvalue weighted by molar-refractivity contribution is 0.149. The van der Waals surface area contributed by atoms with Gasteiger partial charge >= 0.3 is 0 Å². The Morgan fingerprint density at radius 3 is 2.54 bits per heavy atom. The van der Waals surface area contributed by atoms with E-state index in [4.69, 9.17) is 4.98 Å². The van der Waals surface area contributed by atoms with Gasteiger partial charge in [-0.05, 0) is 32.4 Å². The van der Waals surface area contributed by atoms with Crippen LogP contribution in [-0.2, 0) is 13.1 Å². The molecule has 0 amide bonds. The fourth-order valence-corrected chi connectivity index (χ4v) is 4.13. The Balaban J connectivity index is 1.64. The average Bonchev–Trinajstić information content (AvgIpc) is 2.98. The van der Waals surface area contributed by atoms with Crippen molar-refractivity contribution in [2.75, 3.05) is 39.8 Å². The van der Waals surface area contributed by atoms with E-state index in [1.54, 1.807) is 0 Å². The van der Waals surface area contributed by atoms with Crippen molar-refractivity contribution in [2.45, 2.75) is 51.6 Å². The molecule has 2 aromatic rings. The zero-order valence-electron chi connectivity index (χ0n) is 16.2. The molecule has 0 aromatic carbocycles. The molecule has 2 aromatic heterocycles. The van der Waals surface area contributed by atoms with Gasteiger partial charge in [0.15, 0.2) is 0 Å². The quantitative estimate of drug-likeness (QED) is 0.794. The van der Waals surface area contributed by atoms with E-state index in [2.05, 4.69) is 28.3 Å². The van der Waals surface area contributed by atoms with Gasteiger partial charge in [-0.25, -0.2) is 4.98 Å². The predicted octanol–water partition coefficient (Wildman–Crippen LogP) is 2.12. The fourth-order valence-electron chi connectivity index (χ4n) is 4.13. The Morgan fingerprint density at radius 1 is 1.12 bits per heavy atom. The molecule has 6 nitrogen and oxygen atoms in total. The molecule has 1 saturated heterocycles. The average molecular weight is 358 g/mol. The summed E-state index contributed by atoms with van der Waals surface area (Å²) in [5.41, 5.74) is 1.82. The van der Waals surface area contributed by atoms with Gasteiger partial charge < -0.3 is 9.47 Å². The monoisotopic (exact) mass is 357 g/mol.